The van der Waals surface area contributed by atoms with E-state index in [4.69, 9.17) is 5.11 Å². The first-order chi connectivity index (χ1) is 7.13. The molecule has 0 saturated heterocycles. The highest BCUT2D eigenvalue weighted by atomic mass is 19.1. The number of aliphatic carboxylic acids is 1. The van der Waals surface area contributed by atoms with Crippen molar-refractivity contribution < 1.29 is 14.3 Å². The van der Waals surface area contributed by atoms with Crippen molar-refractivity contribution in [1.29, 1.82) is 0 Å². The van der Waals surface area contributed by atoms with Crippen LogP contribution in [0.25, 0.3) is 0 Å². The number of carboxylic acid groups (broad SMARTS) is 1. The van der Waals surface area contributed by atoms with Crippen LogP contribution >= 0.6 is 0 Å². The van der Waals surface area contributed by atoms with Gasteiger partial charge in [-0.3, -0.25) is 9.78 Å². The van der Waals surface area contributed by atoms with Gasteiger partial charge < -0.3 is 5.11 Å². The largest absolute Gasteiger partial charge is 0.481 e. The summed E-state index contributed by atoms with van der Waals surface area (Å²) < 4.78 is 12.9. The van der Waals surface area contributed by atoms with Gasteiger partial charge in [-0.25, -0.2) is 4.39 Å². The van der Waals surface area contributed by atoms with Gasteiger partial charge in [-0.05, 0) is 30.4 Å². The molecule has 0 radical (unpaired) electrons. The van der Waals surface area contributed by atoms with E-state index in [0.717, 1.165) is 18.2 Å². The van der Waals surface area contributed by atoms with Crippen molar-refractivity contribution in [2.24, 2.45) is 0 Å². The number of nitrogens with zero attached hydrogens (tertiary/aromatic N) is 1. The smallest absolute Gasteiger partial charge is 0.303 e. The van der Waals surface area contributed by atoms with Crippen LogP contribution in [0.2, 0.25) is 0 Å². The van der Waals surface area contributed by atoms with Gasteiger partial charge in [-0.1, -0.05) is 6.92 Å². The first-order valence-corrected chi connectivity index (χ1v) is 4.95. The van der Waals surface area contributed by atoms with Crippen LogP contribution in [-0.2, 0) is 4.79 Å². The molecule has 0 bridgehead atoms. The highest BCUT2D eigenvalue weighted by Gasteiger charge is 2.12. The number of rotatable bonds is 5. The van der Waals surface area contributed by atoms with Crippen molar-refractivity contribution in [2.45, 2.75) is 32.1 Å². The van der Waals surface area contributed by atoms with E-state index in [2.05, 4.69) is 4.98 Å². The Morgan fingerprint density at radius 2 is 2.33 bits per heavy atom. The quantitative estimate of drug-likeness (QED) is 0.814. The first-order valence-electron chi connectivity index (χ1n) is 4.95. The molecule has 1 aromatic rings. The lowest BCUT2D eigenvalue weighted by molar-refractivity contribution is -0.137. The summed E-state index contributed by atoms with van der Waals surface area (Å²) in [5.41, 5.74) is 0.777. The number of pyridine rings is 1. The molecule has 0 aliphatic rings. The summed E-state index contributed by atoms with van der Waals surface area (Å²) in [6.45, 7) is 1.96. The van der Waals surface area contributed by atoms with Crippen LogP contribution in [0.5, 0.6) is 0 Å². The van der Waals surface area contributed by atoms with Crippen LogP contribution in [0.15, 0.2) is 18.5 Å². The van der Waals surface area contributed by atoms with Gasteiger partial charge in [-0.2, -0.15) is 0 Å². The third-order valence-corrected chi connectivity index (χ3v) is 2.40. The molecule has 0 fully saturated rings. The molecule has 4 heteroatoms. The molecule has 0 aliphatic heterocycles. The number of carbonyl (C=O) groups is 1. The maximum Gasteiger partial charge on any atom is 0.303 e. The Kier molecular flexibility index (Phi) is 4.21. The standard InChI is InChI=1S/C11H14FNO2/c1-2-8(3-4-11(14)15)9-5-10(12)7-13-6-9/h5-8H,2-4H2,1H3,(H,14,15). The van der Waals surface area contributed by atoms with E-state index in [-0.39, 0.29) is 18.2 Å². The number of hydrogen-bond acceptors (Lipinski definition) is 2. The minimum atomic E-state index is -0.821. The van der Waals surface area contributed by atoms with Gasteiger partial charge in [0.15, 0.2) is 0 Å². The highest BCUT2D eigenvalue weighted by molar-refractivity contribution is 5.66. The maximum absolute atomic E-state index is 12.9. The summed E-state index contributed by atoms with van der Waals surface area (Å²) in [4.78, 5) is 14.2. The number of hydrogen-bond donors (Lipinski definition) is 1. The Labute approximate surface area is 88.0 Å². The molecular weight excluding hydrogens is 197 g/mol. The third kappa shape index (κ3) is 3.65. The van der Waals surface area contributed by atoms with Gasteiger partial charge in [-0.15, -0.1) is 0 Å². The molecule has 15 heavy (non-hydrogen) atoms. The van der Waals surface area contributed by atoms with Gasteiger partial charge >= 0.3 is 5.97 Å². The first kappa shape index (κ1) is 11.6. The van der Waals surface area contributed by atoms with Gasteiger partial charge in [0, 0.05) is 12.6 Å². The topological polar surface area (TPSA) is 50.2 Å². The molecule has 3 nitrogen and oxygen atoms in total. The Morgan fingerprint density at radius 1 is 1.60 bits per heavy atom. The van der Waals surface area contributed by atoms with E-state index < -0.39 is 5.97 Å². The number of halogens is 1. The zero-order valence-electron chi connectivity index (χ0n) is 8.61. The van der Waals surface area contributed by atoms with Gasteiger partial charge in [0.2, 0.25) is 0 Å². The molecule has 1 unspecified atom stereocenters. The van der Waals surface area contributed by atoms with Crippen molar-refractivity contribution >= 4 is 5.97 Å². The second kappa shape index (κ2) is 5.44. The van der Waals surface area contributed by atoms with E-state index >= 15 is 0 Å². The van der Waals surface area contributed by atoms with Gasteiger partial charge in [0.05, 0.1) is 6.20 Å². The molecule has 0 saturated carbocycles. The lowest BCUT2D eigenvalue weighted by Gasteiger charge is -2.13. The monoisotopic (exact) mass is 211 g/mol. The average Bonchev–Trinajstić information content (AvgIpc) is 2.18. The van der Waals surface area contributed by atoms with E-state index in [1.807, 2.05) is 6.92 Å². The summed E-state index contributed by atoms with van der Waals surface area (Å²) in [7, 11) is 0. The summed E-state index contributed by atoms with van der Waals surface area (Å²) in [5, 5.41) is 8.57. The molecule has 1 N–H and O–H groups in total. The van der Waals surface area contributed by atoms with Crippen molar-refractivity contribution in [2.75, 3.05) is 0 Å². The Hall–Kier alpha value is -1.45. The van der Waals surface area contributed by atoms with E-state index in [0.29, 0.717) is 6.42 Å². The predicted molar refractivity (Wildman–Crippen MR) is 54.1 cm³/mol. The van der Waals surface area contributed by atoms with Crippen LogP contribution in [-0.4, -0.2) is 16.1 Å². The number of carboxylic acids is 1. The van der Waals surface area contributed by atoms with Crippen LogP contribution in [0.4, 0.5) is 4.39 Å². The molecule has 1 aromatic heterocycles. The molecule has 0 amide bonds. The molecule has 0 spiro atoms. The molecule has 1 rings (SSSR count). The lowest BCUT2D eigenvalue weighted by atomic mass is 9.93. The van der Waals surface area contributed by atoms with Crippen LogP contribution < -0.4 is 0 Å². The number of aromatic nitrogens is 1. The highest BCUT2D eigenvalue weighted by Crippen LogP contribution is 2.24. The van der Waals surface area contributed by atoms with Crippen molar-refractivity contribution in [3.05, 3.63) is 29.8 Å². The fourth-order valence-corrected chi connectivity index (χ4v) is 1.56. The Balaban J connectivity index is 2.69. The second-order valence-corrected chi connectivity index (χ2v) is 3.47. The van der Waals surface area contributed by atoms with Crippen molar-refractivity contribution in [3.63, 3.8) is 0 Å². The summed E-state index contributed by atoms with van der Waals surface area (Å²) in [5.74, 6) is -1.12. The van der Waals surface area contributed by atoms with E-state index in [1.165, 1.54) is 6.07 Å². The molecule has 0 aliphatic carbocycles. The van der Waals surface area contributed by atoms with Crippen LogP contribution in [0.1, 0.15) is 37.7 Å². The van der Waals surface area contributed by atoms with Crippen molar-refractivity contribution in [3.8, 4) is 0 Å². The molecule has 1 heterocycles. The average molecular weight is 211 g/mol. The summed E-state index contributed by atoms with van der Waals surface area (Å²) in [6, 6.07) is 1.42. The van der Waals surface area contributed by atoms with Crippen LogP contribution in [0, 0.1) is 5.82 Å². The second-order valence-electron chi connectivity index (χ2n) is 3.47. The Morgan fingerprint density at radius 3 is 2.87 bits per heavy atom. The molecule has 1 atom stereocenters. The fraction of sp³-hybridized carbons (Fsp3) is 0.455. The molecular formula is C11H14FNO2. The lowest BCUT2D eigenvalue weighted by Crippen LogP contribution is -2.03. The van der Waals surface area contributed by atoms with Gasteiger partial charge in [0.25, 0.3) is 0 Å². The minimum Gasteiger partial charge on any atom is -0.481 e. The third-order valence-electron chi connectivity index (χ3n) is 2.40. The zero-order chi connectivity index (χ0) is 11.3. The Bertz CT molecular complexity index is 341. The summed E-state index contributed by atoms with van der Waals surface area (Å²) >= 11 is 0. The molecule has 82 valence electrons. The van der Waals surface area contributed by atoms with E-state index in [9.17, 15) is 9.18 Å². The maximum atomic E-state index is 12.9. The normalized spacial score (nSPS) is 12.4. The van der Waals surface area contributed by atoms with E-state index in [1.54, 1.807) is 6.20 Å². The predicted octanol–water partition coefficient (Wildman–Crippen LogP) is 2.58. The zero-order valence-corrected chi connectivity index (χ0v) is 8.61. The van der Waals surface area contributed by atoms with Crippen LogP contribution in [0.3, 0.4) is 0 Å². The fourth-order valence-electron chi connectivity index (χ4n) is 1.56. The minimum absolute atomic E-state index is 0.0734. The molecule has 0 aromatic carbocycles. The summed E-state index contributed by atoms with van der Waals surface area (Å²) in [6.07, 6.45) is 4.16. The van der Waals surface area contributed by atoms with Crippen molar-refractivity contribution in [1.82, 2.24) is 4.98 Å². The van der Waals surface area contributed by atoms with Gasteiger partial charge in [0.1, 0.15) is 5.82 Å². The SMILES string of the molecule is CCC(CCC(=O)O)c1cncc(F)c1.